The third kappa shape index (κ3) is 7.55. The number of aliphatic hydroxyl groups excluding tert-OH is 1. The highest BCUT2D eigenvalue weighted by molar-refractivity contribution is 9.10. The van der Waals surface area contributed by atoms with Crippen LogP contribution in [-0.2, 0) is 28.7 Å². The number of benzene rings is 4. The van der Waals surface area contributed by atoms with Crippen LogP contribution in [0.15, 0.2) is 113 Å². The molecular formula is C34H31BrF3N3O4. The van der Waals surface area contributed by atoms with Gasteiger partial charge in [0.1, 0.15) is 5.75 Å². The van der Waals surface area contributed by atoms with Gasteiger partial charge in [0.2, 0.25) is 5.90 Å². The third-order valence-corrected chi connectivity index (χ3v) is 8.13. The normalized spacial score (nSPS) is 17.8. The molecule has 1 amide bonds. The molecule has 45 heavy (non-hydrogen) atoms. The highest BCUT2D eigenvalue weighted by Gasteiger charge is 2.53. The Balaban J connectivity index is 1.51. The van der Waals surface area contributed by atoms with Crippen LogP contribution in [0.25, 0.3) is 0 Å². The van der Waals surface area contributed by atoms with Gasteiger partial charge in [0.25, 0.3) is 5.91 Å². The molecule has 2 atom stereocenters. The van der Waals surface area contributed by atoms with Gasteiger partial charge in [0.15, 0.2) is 11.6 Å². The van der Waals surface area contributed by atoms with Crippen molar-refractivity contribution in [3.63, 3.8) is 0 Å². The molecule has 0 fully saturated rings. The number of aliphatic imine (C=N–C) groups is 1. The molecule has 0 aliphatic carbocycles. The molecule has 5 rings (SSSR count). The van der Waals surface area contributed by atoms with Gasteiger partial charge in [0, 0.05) is 36.0 Å². The number of carbonyl (C=O) groups excluding carboxylic acids is 1. The van der Waals surface area contributed by atoms with Gasteiger partial charge in [-0.2, -0.15) is 13.2 Å². The first-order valence-corrected chi connectivity index (χ1v) is 15.1. The van der Waals surface area contributed by atoms with Crippen molar-refractivity contribution in [1.29, 1.82) is 0 Å². The summed E-state index contributed by atoms with van der Waals surface area (Å²) in [5.74, 6) is 0.261. The standard InChI is InChI=1S/C34H31BrF3N3O4/c35-29-14-7-5-11-25(29)21-33(32(43)41-39-22-26-12-4-6-13-28(26)34(36,37)38)30(23-9-2-1-3-10-23)45-31(40-33)24-15-17-27(18-16-24)44-20-8-19-42/h1-7,9-18,30,39,42H,8,19-22H2,(H,41,43)/t30-,33-/m0/s1. The van der Waals surface area contributed by atoms with Crippen molar-refractivity contribution in [2.75, 3.05) is 13.2 Å². The second-order valence-electron chi connectivity index (χ2n) is 10.4. The van der Waals surface area contributed by atoms with Crippen LogP contribution in [0.1, 0.15) is 40.3 Å². The Morgan fingerprint density at radius 2 is 1.60 bits per heavy atom. The predicted octanol–water partition coefficient (Wildman–Crippen LogP) is 6.55. The number of alkyl halides is 3. The lowest BCUT2D eigenvalue weighted by atomic mass is 9.82. The molecule has 1 aliphatic heterocycles. The van der Waals surface area contributed by atoms with Gasteiger partial charge in [0.05, 0.1) is 12.2 Å². The lowest BCUT2D eigenvalue weighted by Gasteiger charge is -2.31. The number of aliphatic hydroxyl groups is 1. The van der Waals surface area contributed by atoms with Crippen LogP contribution in [-0.4, -0.2) is 35.7 Å². The Hall–Kier alpha value is -4.19. The summed E-state index contributed by atoms with van der Waals surface area (Å²) in [6.07, 6.45) is -4.80. The maximum absolute atomic E-state index is 14.3. The molecule has 234 valence electrons. The molecule has 4 aromatic rings. The summed E-state index contributed by atoms with van der Waals surface area (Å²) in [5, 5.41) is 9.03. The van der Waals surface area contributed by atoms with Gasteiger partial charge in [-0.3, -0.25) is 10.2 Å². The van der Waals surface area contributed by atoms with Crippen LogP contribution in [0, 0.1) is 0 Å². The highest BCUT2D eigenvalue weighted by Crippen LogP contribution is 2.43. The van der Waals surface area contributed by atoms with Crippen molar-refractivity contribution in [3.05, 3.63) is 135 Å². The lowest BCUT2D eigenvalue weighted by molar-refractivity contribution is -0.138. The van der Waals surface area contributed by atoms with E-state index in [0.29, 0.717) is 29.9 Å². The van der Waals surface area contributed by atoms with Crippen LogP contribution in [0.3, 0.4) is 0 Å². The van der Waals surface area contributed by atoms with E-state index in [2.05, 4.69) is 26.8 Å². The van der Waals surface area contributed by atoms with E-state index in [1.165, 1.54) is 18.2 Å². The number of hydrogen-bond donors (Lipinski definition) is 3. The molecule has 0 saturated heterocycles. The quantitative estimate of drug-likeness (QED) is 0.117. The highest BCUT2D eigenvalue weighted by atomic mass is 79.9. The average Bonchev–Trinajstić information content (AvgIpc) is 3.43. The molecule has 1 heterocycles. The number of halogens is 4. The van der Waals surface area contributed by atoms with Crippen molar-refractivity contribution in [2.24, 2.45) is 4.99 Å². The largest absolute Gasteiger partial charge is 0.494 e. The number of amides is 1. The fraction of sp³-hybridized carbons (Fsp3) is 0.235. The minimum Gasteiger partial charge on any atom is -0.494 e. The number of carbonyl (C=O) groups is 1. The average molecular weight is 683 g/mol. The van der Waals surface area contributed by atoms with E-state index in [1.807, 2.05) is 54.6 Å². The fourth-order valence-electron chi connectivity index (χ4n) is 5.12. The van der Waals surface area contributed by atoms with Gasteiger partial charge < -0.3 is 14.6 Å². The molecule has 11 heteroatoms. The van der Waals surface area contributed by atoms with E-state index in [0.717, 1.165) is 16.1 Å². The van der Waals surface area contributed by atoms with Crippen molar-refractivity contribution in [3.8, 4) is 5.75 Å². The van der Waals surface area contributed by atoms with Gasteiger partial charge in [-0.1, -0.05) is 82.7 Å². The van der Waals surface area contributed by atoms with Crippen LogP contribution < -0.4 is 15.6 Å². The summed E-state index contributed by atoms with van der Waals surface area (Å²) in [7, 11) is 0. The minimum absolute atomic E-state index is 0.0158. The summed E-state index contributed by atoms with van der Waals surface area (Å²) in [6.45, 7) is 0.117. The number of hydrazine groups is 1. The Morgan fingerprint density at radius 1 is 0.933 bits per heavy atom. The van der Waals surface area contributed by atoms with Gasteiger partial charge in [-0.15, -0.1) is 0 Å². The summed E-state index contributed by atoms with van der Waals surface area (Å²) in [4.78, 5) is 19.2. The summed E-state index contributed by atoms with van der Waals surface area (Å²) in [5.41, 5.74) is 5.09. The summed E-state index contributed by atoms with van der Waals surface area (Å²) >= 11 is 3.58. The number of rotatable bonds is 12. The zero-order chi connectivity index (χ0) is 31.9. The Bertz CT molecular complexity index is 1630. The smallest absolute Gasteiger partial charge is 0.416 e. The minimum atomic E-state index is -4.54. The number of hydrogen-bond acceptors (Lipinski definition) is 6. The molecule has 0 aromatic heterocycles. The molecule has 4 aromatic carbocycles. The van der Waals surface area contributed by atoms with Crippen molar-refractivity contribution >= 4 is 27.7 Å². The first-order chi connectivity index (χ1) is 21.7. The van der Waals surface area contributed by atoms with E-state index in [9.17, 15) is 18.0 Å². The van der Waals surface area contributed by atoms with Crippen LogP contribution >= 0.6 is 15.9 Å². The molecule has 0 saturated carbocycles. The molecule has 0 unspecified atom stereocenters. The number of ether oxygens (including phenoxy) is 2. The van der Waals surface area contributed by atoms with Gasteiger partial charge >= 0.3 is 6.18 Å². The molecule has 0 radical (unpaired) electrons. The number of nitrogens with one attached hydrogen (secondary N) is 2. The maximum Gasteiger partial charge on any atom is 0.416 e. The maximum atomic E-state index is 14.3. The van der Waals surface area contributed by atoms with Crippen LogP contribution in [0.4, 0.5) is 13.2 Å². The predicted molar refractivity (Wildman–Crippen MR) is 167 cm³/mol. The second kappa shape index (κ2) is 14.3. The van der Waals surface area contributed by atoms with E-state index >= 15 is 0 Å². The third-order valence-electron chi connectivity index (χ3n) is 7.35. The first-order valence-electron chi connectivity index (χ1n) is 14.3. The molecule has 0 spiro atoms. The first kappa shape index (κ1) is 32.2. The van der Waals surface area contributed by atoms with Gasteiger partial charge in [-0.25, -0.2) is 10.4 Å². The zero-order valence-corrected chi connectivity index (χ0v) is 25.6. The Labute approximate surface area is 267 Å². The van der Waals surface area contributed by atoms with E-state index in [-0.39, 0.29) is 31.0 Å². The lowest BCUT2D eigenvalue weighted by Crippen LogP contribution is -2.53. The van der Waals surface area contributed by atoms with Crippen molar-refractivity contribution in [1.82, 2.24) is 10.9 Å². The molecule has 0 bridgehead atoms. The Kier molecular flexibility index (Phi) is 10.2. The van der Waals surface area contributed by atoms with E-state index in [1.54, 1.807) is 24.3 Å². The topological polar surface area (TPSA) is 92.2 Å². The fourth-order valence-corrected chi connectivity index (χ4v) is 5.55. The summed E-state index contributed by atoms with van der Waals surface area (Å²) in [6, 6.07) is 28.9. The Morgan fingerprint density at radius 3 is 2.29 bits per heavy atom. The van der Waals surface area contributed by atoms with Crippen molar-refractivity contribution < 1.29 is 32.5 Å². The van der Waals surface area contributed by atoms with Crippen LogP contribution in [0.2, 0.25) is 0 Å². The molecule has 3 N–H and O–H groups in total. The SMILES string of the molecule is O=C(NNCc1ccccc1C(F)(F)F)[C@@]1(Cc2ccccc2Br)N=C(c2ccc(OCCCO)cc2)O[C@H]1c1ccccc1. The zero-order valence-electron chi connectivity index (χ0n) is 24.1. The van der Waals surface area contributed by atoms with Crippen LogP contribution in [0.5, 0.6) is 5.75 Å². The van der Waals surface area contributed by atoms with Gasteiger partial charge in [-0.05, 0) is 53.1 Å². The van der Waals surface area contributed by atoms with E-state index in [4.69, 9.17) is 19.6 Å². The second-order valence-corrected chi connectivity index (χ2v) is 11.3. The molecular weight excluding hydrogens is 651 g/mol. The number of nitrogens with zero attached hydrogens (tertiary/aromatic N) is 1. The molecule has 7 nitrogen and oxygen atoms in total. The summed E-state index contributed by atoms with van der Waals surface area (Å²) < 4.78 is 53.7. The monoisotopic (exact) mass is 681 g/mol. The van der Waals surface area contributed by atoms with Crippen molar-refractivity contribution in [2.45, 2.75) is 37.2 Å². The molecule has 1 aliphatic rings. The van der Waals surface area contributed by atoms with E-state index < -0.39 is 29.3 Å².